The van der Waals surface area contributed by atoms with E-state index in [0.29, 0.717) is 5.69 Å². The lowest BCUT2D eigenvalue weighted by Crippen LogP contribution is -2.45. The van der Waals surface area contributed by atoms with E-state index in [9.17, 15) is 4.79 Å². The molecule has 3 heterocycles. The lowest BCUT2D eigenvalue weighted by atomic mass is 9.89. The summed E-state index contributed by atoms with van der Waals surface area (Å²) in [6, 6.07) is 30.4. The molecule has 0 fully saturated rings. The number of rotatable bonds is 19. The molecule has 1 aliphatic heterocycles. The molecule has 2 aromatic heterocycles. The molecule has 1 atom stereocenters. The van der Waals surface area contributed by atoms with Crippen LogP contribution in [0.3, 0.4) is 0 Å². The monoisotopic (exact) mass is 683 g/mol. The van der Waals surface area contributed by atoms with E-state index in [-0.39, 0.29) is 0 Å². The van der Waals surface area contributed by atoms with Crippen molar-refractivity contribution in [3.05, 3.63) is 125 Å². The summed E-state index contributed by atoms with van der Waals surface area (Å²) < 4.78 is 9.15. The molecule has 0 bridgehead atoms. The van der Waals surface area contributed by atoms with Crippen LogP contribution in [0.25, 0.3) is 10.9 Å². The third-order valence-corrected chi connectivity index (χ3v) is 10.8. The number of aromatic nitrogens is 2. The predicted octanol–water partition coefficient (Wildman–Crippen LogP) is 12.4. The average Bonchev–Trinajstić information content (AvgIpc) is 3.62. The SMILES string of the molecule is CCCCCCCCc1ccc(N(c2ccc(CCCCCCCC)cc2)C2(c3c(C)n(CC)c4ccccc34)OC(=O)c3ncccc32)cc1. The van der Waals surface area contributed by atoms with Gasteiger partial charge in [0.05, 0.1) is 11.1 Å². The highest BCUT2D eigenvalue weighted by molar-refractivity contribution is 5.98. The summed E-state index contributed by atoms with van der Waals surface area (Å²) in [4.78, 5) is 20.8. The molecule has 3 aromatic carbocycles. The van der Waals surface area contributed by atoms with Gasteiger partial charge < -0.3 is 9.30 Å². The Morgan fingerprint density at radius 3 is 1.78 bits per heavy atom. The molecule has 0 saturated carbocycles. The number of benzene rings is 3. The van der Waals surface area contributed by atoms with E-state index in [0.717, 1.165) is 58.5 Å². The lowest BCUT2D eigenvalue weighted by Gasteiger charge is -2.42. The van der Waals surface area contributed by atoms with Crippen LogP contribution in [0.15, 0.2) is 91.1 Å². The molecule has 0 amide bonds. The van der Waals surface area contributed by atoms with E-state index in [1.54, 1.807) is 6.20 Å². The van der Waals surface area contributed by atoms with Crippen molar-refractivity contribution in [1.82, 2.24) is 9.55 Å². The summed E-state index contributed by atoms with van der Waals surface area (Å²) in [5, 5.41) is 1.07. The van der Waals surface area contributed by atoms with Gasteiger partial charge in [-0.1, -0.05) is 121 Å². The van der Waals surface area contributed by atoms with Crippen molar-refractivity contribution in [1.29, 1.82) is 0 Å². The van der Waals surface area contributed by atoms with Gasteiger partial charge in [-0.2, -0.15) is 0 Å². The highest BCUT2D eigenvalue weighted by Gasteiger charge is 2.55. The minimum atomic E-state index is -1.27. The Labute approximate surface area is 306 Å². The molecule has 0 N–H and O–H groups in total. The number of nitrogens with zero attached hydrogens (tertiary/aromatic N) is 3. The molecule has 5 heteroatoms. The summed E-state index contributed by atoms with van der Waals surface area (Å²) in [6.45, 7) is 9.68. The number of unbranched alkanes of at least 4 members (excludes halogenated alkanes) is 10. The minimum Gasteiger partial charge on any atom is -0.425 e. The summed E-state index contributed by atoms with van der Waals surface area (Å²) in [5.41, 5.74) is 7.67. The Kier molecular flexibility index (Phi) is 12.3. The number of cyclic esters (lactones) is 1. The summed E-state index contributed by atoms with van der Waals surface area (Å²) in [6.07, 6.45) is 19.2. The Morgan fingerprint density at radius 1 is 0.667 bits per heavy atom. The molecule has 0 aliphatic carbocycles. The number of anilines is 2. The first kappa shape index (κ1) is 36.4. The van der Waals surface area contributed by atoms with E-state index < -0.39 is 11.7 Å². The molecule has 1 unspecified atom stereocenters. The average molecular weight is 684 g/mol. The van der Waals surface area contributed by atoms with Crippen molar-refractivity contribution >= 4 is 28.2 Å². The van der Waals surface area contributed by atoms with Crippen molar-refractivity contribution in [2.75, 3.05) is 4.90 Å². The van der Waals surface area contributed by atoms with Crippen molar-refractivity contribution in [3.8, 4) is 0 Å². The predicted molar refractivity (Wildman–Crippen MR) is 212 cm³/mol. The molecule has 5 nitrogen and oxygen atoms in total. The van der Waals surface area contributed by atoms with E-state index in [2.05, 4.69) is 115 Å². The highest BCUT2D eigenvalue weighted by atomic mass is 16.6. The highest BCUT2D eigenvalue weighted by Crippen LogP contribution is 2.52. The fraction of sp³-hybridized carbons (Fsp3) is 0.435. The largest absolute Gasteiger partial charge is 0.425 e. The number of hydrogen-bond donors (Lipinski definition) is 0. The van der Waals surface area contributed by atoms with Gasteiger partial charge in [0.15, 0.2) is 5.69 Å². The number of carbonyl (C=O) groups excluding carboxylic acids is 1. The molecule has 1 aliphatic rings. The number of para-hydroxylation sites is 1. The van der Waals surface area contributed by atoms with Gasteiger partial charge >= 0.3 is 5.97 Å². The molecule has 0 spiro atoms. The Balaban J connectivity index is 1.45. The topological polar surface area (TPSA) is 47.4 Å². The van der Waals surface area contributed by atoms with E-state index in [1.165, 1.54) is 88.2 Å². The quantitative estimate of drug-likeness (QED) is 0.0642. The second-order valence-electron chi connectivity index (χ2n) is 14.4. The van der Waals surface area contributed by atoms with Crippen LogP contribution < -0.4 is 4.90 Å². The molecular formula is C46H57N3O2. The summed E-state index contributed by atoms with van der Waals surface area (Å²) in [7, 11) is 0. The standard InChI is InChI=1S/C46H57N3O2/c1-5-8-10-12-14-16-21-36-26-30-38(31-27-36)49(39-32-28-37(29-33-39)22-17-15-13-11-9-6-2)46(41-24-20-34-47-44(41)45(50)51-46)43-35(4)48(7-3)42-25-19-18-23-40(42)43/h18-20,23-34H,5-17,21-22H2,1-4H3. The zero-order valence-electron chi connectivity index (χ0n) is 31.4. The van der Waals surface area contributed by atoms with Gasteiger partial charge in [-0.05, 0) is 93.1 Å². The zero-order valence-corrected chi connectivity index (χ0v) is 31.4. The van der Waals surface area contributed by atoms with Crippen LogP contribution >= 0.6 is 0 Å². The van der Waals surface area contributed by atoms with Crippen LogP contribution in [0.2, 0.25) is 0 Å². The van der Waals surface area contributed by atoms with Crippen LogP contribution in [-0.2, 0) is 29.8 Å². The van der Waals surface area contributed by atoms with Gasteiger partial charge in [0.25, 0.3) is 0 Å². The van der Waals surface area contributed by atoms with Gasteiger partial charge in [-0.25, -0.2) is 9.78 Å². The normalized spacial score (nSPS) is 15.3. The summed E-state index contributed by atoms with van der Waals surface area (Å²) >= 11 is 0. The maximum absolute atomic E-state index is 14.0. The Morgan fingerprint density at radius 2 is 1.22 bits per heavy atom. The smallest absolute Gasteiger partial charge is 0.360 e. The second kappa shape index (κ2) is 17.2. The third-order valence-electron chi connectivity index (χ3n) is 10.8. The Bertz CT molecular complexity index is 1810. The van der Waals surface area contributed by atoms with E-state index in [4.69, 9.17) is 4.74 Å². The fourth-order valence-corrected chi connectivity index (χ4v) is 8.16. The number of fused-ring (bicyclic) bond motifs is 2. The minimum absolute atomic E-state index is 0.370. The molecule has 51 heavy (non-hydrogen) atoms. The van der Waals surface area contributed by atoms with Crippen LogP contribution in [0.5, 0.6) is 0 Å². The number of ether oxygens (including phenoxy) is 1. The van der Waals surface area contributed by atoms with Gasteiger partial charge in [0, 0.05) is 40.7 Å². The maximum atomic E-state index is 14.0. The molecule has 0 saturated heterocycles. The fourth-order valence-electron chi connectivity index (χ4n) is 8.16. The third kappa shape index (κ3) is 7.64. The van der Waals surface area contributed by atoms with Crippen molar-refractivity contribution < 1.29 is 9.53 Å². The van der Waals surface area contributed by atoms with Gasteiger partial charge in [0.1, 0.15) is 0 Å². The first-order valence-corrected chi connectivity index (χ1v) is 19.8. The molecule has 6 rings (SSSR count). The van der Waals surface area contributed by atoms with Crippen molar-refractivity contribution in [2.24, 2.45) is 0 Å². The molecule has 0 radical (unpaired) electrons. The number of esters is 1. The van der Waals surface area contributed by atoms with Crippen LogP contribution in [0.1, 0.15) is 136 Å². The first-order chi connectivity index (χ1) is 25.0. The zero-order chi connectivity index (χ0) is 35.6. The van der Waals surface area contributed by atoms with Crippen LogP contribution in [-0.4, -0.2) is 15.5 Å². The number of pyridine rings is 1. The van der Waals surface area contributed by atoms with Gasteiger partial charge in [-0.3, -0.25) is 4.90 Å². The van der Waals surface area contributed by atoms with Crippen LogP contribution in [0, 0.1) is 6.92 Å². The first-order valence-electron chi connectivity index (χ1n) is 19.8. The van der Waals surface area contributed by atoms with Crippen LogP contribution in [0.4, 0.5) is 11.4 Å². The molecule has 5 aromatic rings. The molecular weight excluding hydrogens is 627 g/mol. The van der Waals surface area contributed by atoms with E-state index >= 15 is 0 Å². The number of carbonyl (C=O) groups is 1. The van der Waals surface area contributed by atoms with Gasteiger partial charge in [0.2, 0.25) is 5.72 Å². The Hall–Kier alpha value is -4.38. The molecule has 268 valence electrons. The number of aryl methyl sites for hydroxylation is 3. The van der Waals surface area contributed by atoms with Gasteiger partial charge in [-0.15, -0.1) is 0 Å². The van der Waals surface area contributed by atoms with Crippen molar-refractivity contribution in [2.45, 2.75) is 130 Å². The van der Waals surface area contributed by atoms with Crippen molar-refractivity contribution in [3.63, 3.8) is 0 Å². The second-order valence-corrected chi connectivity index (χ2v) is 14.4. The lowest BCUT2D eigenvalue weighted by molar-refractivity contribution is 0.0134. The summed E-state index contributed by atoms with van der Waals surface area (Å²) in [5.74, 6) is -0.400. The maximum Gasteiger partial charge on any atom is 0.360 e. The number of hydrogen-bond acceptors (Lipinski definition) is 4. The van der Waals surface area contributed by atoms with E-state index in [1.807, 2.05) is 12.1 Å².